The van der Waals surface area contributed by atoms with Gasteiger partial charge in [-0.2, -0.15) is 0 Å². The highest BCUT2D eigenvalue weighted by Crippen LogP contribution is 2.38. The van der Waals surface area contributed by atoms with Gasteiger partial charge in [0.15, 0.2) is 0 Å². The van der Waals surface area contributed by atoms with Crippen LogP contribution in [0.15, 0.2) is 12.5 Å². The maximum absolute atomic E-state index is 12.4. The predicted molar refractivity (Wildman–Crippen MR) is 83.7 cm³/mol. The molecule has 1 atom stereocenters. The number of amides is 1. The molecule has 0 bridgehead atoms. The van der Waals surface area contributed by atoms with E-state index in [0.29, 0.717) is 11.6 Å². The summed E-state index contributed by atoms with van der Waals surface area (Å²) >= 11 is 0. The van der Waals surface area contributed by atoms with E-state index in [2.05, 4.69) is 16.9 Å². The van der Waals surface area contributed by atoms with Gasteiger partial charge in [-0.1, -0.05) is 0 Å². The molecular weight excluding hydrogens is 280 g/mol. The van der Waals surface area contributed by atoms with Gasteiger partial charge in [-0.3, -0.25) is 9.69 Å². The number of aryl methyl sites for hydroxylation is 1. The van der Waals surface area contributed by atoms with Gasteiger partial charge in [-0.15, -0.1) is 0 Å². The Morgan fingerprint density at radius 1 is 1.45 bits per heavy atom. The Hall–Kier alpha value is -1.40. The average molecular weight is 306 g/mol. The molecule has 6 heteroatoms. The Morgan fingerprint density at radius 3 is 2.86 bits per heavy atom. The normalized spacial score (nSPS) is 24.5. The monoisotopic (exact) mass is 306 g/mol. The second kappa shape index (κ2) is 6.01. The molecule has 6 nitrogen and oxygen atoms in total. The van der Waals surface area contributed by atoms with Crippen LogP contribution in [0.2, 0.25) is 0 Å². The van der Waals surface area contributed by atoms with Gasteiger partial charge in [0.25, 0.3) is 5.91 Å². The lowest BCUT2D eigenvalue weighted by atomic mass is 9.75. The van der Waals surface area contributed by atoms with Gasteiger partial charge in [-0.05, 0) is 39.3 Å². The third-order valence-electron chi connectivity index (χ3n) is 5.09. The van der Waals surface area contributed by atoms with E-state index in [4.69, 9.17) is 4.74 Å². The topological polar surface area (TPSA) is 50.6 Å². The van der Waals surface area contributed by atoms with E-state index in [0.717, 1.165) is 39.3 Å². The molecule has 0 saturated carbocycles. The van der Waals surface area contributed by atoms with Crippen molar-refractivity contribution in [2.45, 2.75) is 25.3 Å². The van der Waals surface area contributed by atoms with Gasteiger partial charge in [0.2, 0.25) is 0 Å². The number of ether oxygens (including phenoxy) is 1. The molecule has 3 rings (SSSR count). The lowest BCUT2D eigenvalue weighted by molar-refractivity contribution is -0.0753. The maximum atomic E-state index is 12.4. The number of nitrogens with zero attached hydrogens (tertiary/aromatic N) is 4. The summed E-state index contributed by atoms with van der Waals surface area (Å²) in [6.07, 6.45) is 5.77. The minimum atomic E-state index is 0.0477. The van der Waals surface area contributed by atoms with Crippen molar-refractivity contribution in [3.05, 3.63) is 18.2 Å². The molecule has 22 heavy (non-hydrogen) atoms. The summed E-state index contributed by atoms with van der Waals surface area (Å²) in [5.41, 5.74) is 0.687. The molecule has 1 aromatic heterocycles. The largest absolute Gasteiger partial charge is 0.381 e. The number of imidazole rings is 1. The standard InChI is InChI=1S/C16H26N4O2/c1-4-22-9-13-5-6-19(3)16(7-13)10-20(11-16)15(21)14-8-18(2)12-17-14/h8,12-13H,4-7,9-11H2,1-3H3. The molecule has 2 saturated heterocycles. The molecule has 0 aromatic carbocycles. The molecule has 1 amide bonds. The molecule has 0 aliphatic carbocycles. The highest BCUT2D eigenvalue weighted by atomic mass is 16.5. The number of hydrogen-bond acceptors (Lipinski definition) is 4. The van der Waals surface area contributed by atoms with E-state index in [1.807, 2.05) is 23.4 Å². The van der Waals surface area contributed by atoms with Gasteiger partial charge < -0.3 is 14.2 Å². The first-order valence-electron chi connectivity index (χ1n) is 8.10. The Kier molecular flexibility index (Phi) is 4.23. The Bertz CT molecular complexity index is 534. The second-order valence-electron chi connectivity index (χ2n) is 6.75. The summed E-state index contributed by atoms with van der Waals surface area (Å²) < 4.78 is 7.42. The lowest BCUT2D eigenvalue weighted by Crippen LogP contribution is -2.72. The summed E-state index contributed by atoms with van der Waals surface area (Å²) in [6, 6.07) is 0. The van der Waals surface area contributed by atoms with E-state index >= 15 is 0 Å². The van der Waals surface area contributed by atoms with Crippen LogP contribution in [-0.2, 0) is 11.8 Å². The zero-order valence-electron chi connectivity index (χ0n) is 13.8. The van der Waals surface area contributed by atoms with Crippen molar-refractivity contribution < 1.29 is 9.53 Å². The van der Waals surface area contributed by atoms with Crippen molar-refractivity contribution in [3.8, 4) is 0 Å². The van der Waals surface area contributed by atoms with Crippen molar-refractivity contribution in [1.82, 2.24) is 19.4 Å². The fourth-order valence-electron chi connectivity index (χ4n) is 3.70. The number of piperidine rings is 1. The molecule has 2 fully saturated rings. The minimum absolute atomic E-state index is 0.0477. The van der Waals surface area contributed by atoms with E-state index in [1.165, 1.54) is 6.42 Å². The first-order chi connectivity index (χ1) is 10.5. The number of carbonyl (C=O) groups excluding carboxylic acids is 1. The summed E-state index contributed by atoms with van der Waals surface area (Å²) in [5, 5.41) is 0. The molecule has 1 spiro atoms. The summed E-state index contributed by atoms with van der Waals surface area (Å²) in [4.78, 5) is 20.9. The Balaban J connectivity index is 1.60. The van der Waals surface area contributed by atoms with E-state index in [1.54, 1.807) is 12.5 Å². The van der Waals surface area contributed by atoms with Crippen LogP contribution in [0.1, 0.15) is 30.3 Å². The van der Waals surface area contributed by atoms with Crippen LogP contribution in [0.4, 0.5) is 0 Å². The van der Waals surface area contributed by atoms with Gasteiger partial charge in [-0.25, -0.2) is 4.98 Å². The number of likely N-dealkylation sites (N-methyl/N-ethyl adjacent to an activating group) is 1. The molecule has 122 valence electrons. The summed E-state index contributed by atoms with van der Waals surface area (Å²) in [6.45, 7) is 6.37. The Morgan fingerprint density at radius 2 is 2.23 bits per heavy atom. The van der Waals surface area contributed by atoms with Crippen molar-refractivity contribution in [2.24, 2.45) is 13.0 Å². The fraction of sp³-hybridized carbons (Fsp3) is 0.750. The van der Waals surface area contributed by atoms with Crippen LogP contribution in [0.5, 0.6) is 0 Å². The molecule has 1 aromatic rings. The summed E-state index contributed by atoms with van der Waals surface area (Å²) in [5.74, 6) is 0.662. The van der Waals surface area contributed by atoms with Gasteiger partial charge >= 0.3 is 0 Å². The molecule has 0 radical (unpaired) electrons. The highest BCUT2D eigenvalue weighted by Gasteiger charge is 2.51. The number of rotatable bonds is 4. The lowest BCUT2D eigenvalue weighted by Gasteiger charge is -2.58. The quantitative estimate of drug-likeness (QED) is 0.832. The van der Waals surface area contributed by atoms with E-state index in [9.17, 15) is 4.79 Å². The van der Waals surface area contributed by atoms with Crippen molar-refractivity contribution >= 4 is 5.91 Å². The molecular formula is C16H26N4O2. The van der Waals surface area contributed by atoms with Crippen LogP contribution in [0.25, 0.3) is 0 Å². The number of aromatic nitrogens is 2. The average Bonchev–Trinajstić information content (AvgIpc) is 2.90. The van der Waals surface area contributed by atoms with Crippen LogP contribution in [0, 0.1) is 5.92 Å². The zero-order chi connectivity index (χ0) is 15.7. The second-order valence-corrected chi connectivity index (χ2v) is 6.75. The predicted octanol–water partition coefficient (Wildman–Crippen LogP) is 0.993. The number of carbonyl (C=O) groups is 1. The fourth-order valence-corrected chi connectivity index (χ4v) is 3.70. The zero-order valence-corrected chi connectivity index (χ0v) is 13.8. The van der Waals surface area contributed by atoms with Crippen LogP contribution in [-0.4, -0.2) is 70.7 Å². The van der Waals surface area contributed by atoms with Crippen LogP contribution in [0.3, 0.4) is 0 Å². The van der Waals surface area contributed by atoms with Gasteiger partial charge in [0.1, 0.15) is 5.69 Å². The Labute approximate surface area is 132 Å². The number of hydrogen-bond donors (Lipinski definition) is 0. The molecule has 2 aliphatic rings. The number of likely N-dealkylation sites (tertiary alicyclic amines) is 2. The molecule has 0 N–H and O–H groups in total. The van der Waals surface area contributed by atoms with Crippen LogP contribution < -0.4 is 0 Å². The third kappa shape index (κ3) is 2.77. The smallest absolute Gasteiger partial charge is 0.274 e. The van der Waals surface area contributed by atoms with Crippen molar-refractivity contribution in [2.75, 3.05) is 39.9 Å². The highest BCUT2D eigenvalue weighted by molar-refractivity contribution is 5.92. The van der Waals surface area contributed by atoms with E-state index in [-0.39, 0.29) is 11.4 Å². The SMILES string of the molecule is CCOCC1CCN(C)C2(C1)CN(C(=O)c1cn(C)cn1)C2. The molecule has 2 aliphatic heterocycles. The molecule has 3 heterocycles. The van der Waals surface area contributed by atoms with E-state index < -0.39 is 0 Å². The van der Waals surface area contributed by atoms with Gasteiger partial charge in [0, 0.05) is 39.5 Å². The summed E-state index contributed by atoms with van der Waals surface area (Å²) in [7, 11) is 4.06. The first-order valence-corrected chi connectivity index (χ1v) is 8.10. The first kappa shape index (κ1) is 15.5. The van der Waals surface area contributed by atoms with Crippen LogP contribution >= 0.6 is 0 Å². The maximum Gasteiger partial charge on any atom is 0.274 e. The minimum Gasteiger partial charge on any atom is -0.381 e. The van der Waals surface area contributed by atoms with Crippen molar-refractivity contribution in [3.63, 3.8) is 0 Å². The van der Waals surface area contributed by atoms with Crippen molar-refractivity contribution in [1.29, 1.82) is 0 Å². The van der Waals surface area contributed by atoms with Gasteiger partial charge in [0.05, 0.1) is 11.9 Å². The third-order valence-corrected chi connectivity index (χ3v) is 5.09. The molecule has 1 unspecified atom stereocenters.